The highest BCUT2D eigenvalue weighted by Gasteiger charge is 2.18. The summed E-state index contributed by atoms with van der Waals surface area (Å²) in [5.41, 5.74) is 0.251. The molecule has 0 bridgehead atoms. The molecular formula is C16H14ClNO4. The lowest BCUT2D eigenvalue weighted by molar-refractivity contribution is -0.122. The van der Waals surface area contributed by atoms with Crippen LogP contribution in [0.5, 0.6) is 5.75 Å². The average Bonchev–Trinajstić information content (AvgIpc) is 2.49. The smallest absolute Gasteiger partial charge is 0.337 e. The van der Waals surface area contributed by atoms with Crippen LogP contribution >= 0.6 is 11.6 Å². The molecule has 2 aromatic carbocycles. The fourth-order valence-electron chi connectivity index (χ4n) is 1.78. The van der Waals surface area contributed by atoms with Gasteiger partial charge in [0.15, 0.2) is 6.10 Å². The predicted molar refractivity (Wildman–Crippen MR) is 83.6 cm³/mol. The van der Waals surface area contributed by atoms with Crippen molar-refractivity contribution in [3.8, 4) is 5.75 Å². The van der Waals surface area contributed by atoms with Gasteiger partial charge in [-0.1, -0.05) is 23.7 Å². The fourth-order valence-corrected chi connectivity index (χ4v) is 1.91. The van der Waals surface area contributed by atoms with Gasteiger partial charge in [-0.2, -0.15) is 0 Å². The van der Waals surface area contributed by atoms with E-state index in [0.29, 0.717) is 10.8 Å². The molecule has 0 saturated heterocycles. The Morgan fingerprint density at radius 2 is 1.77 bits per heavy atom. The molecule has 2 N–H and O–H groups in total. The zero-order valence-electron chi connectivity index (χ0n) is 11.7. The lowest BCUT2D eigenvalue weighted by Gasteiger charge is -2.15. The van der Waals surface area contributed by atoms with Gasteiger partial charge in [-0.25, -0.2) is 4.79 Å². The number of aromatic carboxylic acids is 1. The van der Waals surface area contributed by atoms with Crippen LogP contribution in [0.1, 0.15) is 17.3 Å². The molecule has 0 spiro atoms. The van der Waals surface area contributed by atoms with Gasteiger partial charge in [0.25, 0.3) is 5.91 Å². The van der Waals surface area contributed by atoms with Crippen molar-refractivity contribution in [2.24, 2.45) is 0 Å². The number of carboxylic acids is 1. The van der Waals surface area contributed by atoms with E-state index in [1.807, 2.05) is 0 Å². The largest absolute Gasteiger partial charge is 0.481 e. The van der Waals surface area contributed by atoms with Crippen LogP contribution in [0.2, 0.25) is 5.02 Å². The van der Waals surface area contributed by atoms with Gasteiger partial charge in [0.1, 0.15) is 5.75 Å². The third-order valence-corrected chi connectivity index (χ3v) is 3.16. The van der Waals surface area contributed by atoms with Crippen LogP contribution in [0.3, 0.4) is 0 Å². The second-order valence-corrected chi connectivity index (χ2v) is 4.99. The van der Waals surface area contributed by atoms with Crippen LogP contribution in [-0.2, 0) is 4.79 Å². The van der Waals surface area contributed by atoms with Crippen molar-refractivity contribution in [1.29, 1.82) is 0 Å². The Morgan fingerprint density at radius 1 is 1.14 bits per heavy atom. The second-order valence-electron chi connectivity index (χ2n) is 4.55. The summed E-state index contributed by atoms with van der Waals surface area (Å²) in [6.45, 7) is 1.58. The van der Waals surface area contributed by atoms with E-state index >= 15 is 0 Å². The molecule has 0 saturated carbocycles. The SMILES string of the molecule is C[C@H](Oc1ccc(Cl)cc1)C(=O)Nc1ccccc1C(=O)O. The molecule has 0 aliphatic rings. The topological polar surface area (TPSA) is 75.6 Å². The van der Waals surface area contributed by atoms with Crippen molar-refractivity contribution in [1.82, 2.24) is 0 Å². The molecule has 1 atom stereocenters. The van der Waals surface area contributed by atoms with Crippen LogP contribution in [0.15, 0.2) is 48.5 Å². The molecule has 2 rings (SSSR count). The Kier molecular flexibility index (Phi) is 5.01. The van der Waals surface area contributed by atoms with Gasteiger partial charge < -0.3 is 15.2 Å². The highest BCUT2D eigenvalue weighted by atomic mass is 35.5. The van der Waals surface area contributed by atoms with Gasteiger partial charge in [-0.05, 0) is 43.3 Å². The minimum atomic E-state index is -1.11. The van der Waals surface area contributed by atoms with Gasteiger partial charge in [0.05, 0.1) is 11.3 Å². The van der Waals surface area contributed by atoms with Crippen LogP contribution in [0, 0.1) is 0 Å². The van der Waals surface area contributed by atoms with E-state index in [4.69, 9.17) is 21.4 Å². The fraction of sp³-hybridized carbons (Fsp3) is 0.125. The Morgan fingerprint density at radius 3 is 2.41 bits per heavy atom. The zero-order chi connectivity index (χ0) is 16.1. The first-order valence-electron chi connectivity index (χ1n) is 6.53. The number of carbonyl (C=O) groups is 2. The highest BCUT2D eigenvalue weighted by Crippen LogP contribution is 2.18. The number of rotatable bonds is 5. The summed E-state index contributed by atoms with van der Waals surface area (Å²) in [5, 5.41) is 12.2. The van der Waals surface area contributed by atoms with E-state index in [2.05, 4.69) is 5.32 Å². The third-order valence-electron chi connectivity index (χ3n) is 2.91. The summed E-state index contributed by atoms with van der Waals surface area (Å²) in [6.07, 6.45) is -0.789. The summed E-state index contributed by atoms with van der Waals surface area (Å²) in [7, 11) is 0. The first-order chi connectivity index (χ1) is 10.5. The molecule has 1 amide bonds. The van der Waals surface area contributed by atoms with Crippen LogP contribution in [-0.4, -0.2) is 23.1 Å². The van der Waals surface area contributed by atoms with Crippen molar-refractivity contribution in [2.45, 2.75) is 13.0 Å². The maximum Gasteiger partial charge on any atom is 0.337 e. The maximum atomic E-state index is 12.1. The van der Waals surface area contributed by atoms with E-state index in [0.717, 1.165) is 0 Å². The maximum absolute atomic E-state index is 12.1. The van der Waals surface area contributed by atoms with Gasteiger partial charge in [-0.15, -0.1) is 0 Å². The number of para-hydroxylation sites is 1. The molecule has 0 aliphatic carbocycles. The average molecular weight is 320 g/mol. The number of carboxylic acid groups (broad SMARTS) is 1. The Labute approximate surface area is 132 Å². The van der Waals surface area contributed by atoms with E-state index in [1.54, 1.807) is 43.3 Å². The molecule has 5 nitrogen and oxygen atoms in total. The van der Waals surface area contributed by atoms with Crippen LogP contribution in [0.25, 0.3) is 0 Å². The summed E-state index contributed by atoms with van der Waals surface area (Å²) in [5.74, 6) is -1.05. The Hall–Kier alpha value is -2.53. The second kappa shape index (κ2) is 6.95. The van der Waals surface area contributed by atoms with Crippen molar-refractivity contribution < 1.29 is 19.4 Å². The lowest BCUT2D eigenvalue weighted by Crippen LogP contribution is -2.30. The molecule has 0 heterocycles. The number of benzene rings is 2. The van der Waals surface area contributed by atoms with E-state index in [1.165, 1.54) is 12.1 Å². The van der Waals surface area contributed by atoms with E-state index < -0.39 is 18.0 Å². The van der Waals surface area contributed by atoms with Gasteiger partial charge in [0, 0.05) is 5.02 Å². The summed E-state index contributed by atoms with van der Waals surface area (Å²) in [6, 6.07) is 12.8. The number of hydrogen-bond acceptors (Lipinski definition) is 3. The number of halogens is 1. The van der Waals surface area contributed by atoms with Crippen molar-refractivity contribution in [2.75, 3.05) is 5.32 Å². The quantitative estimate of drug-likeness (QED) is 0.885. The Bertz CT molecular complexity index is 685. The Balaban J connectivity index is 2.05. The van der Waals surface area contributed by atoms with Crippen molar-refractivity contribution in [3.63, 3.8) is 0 Å². The molecular weight excluding hydrogens is 306 g/mol. The van der Waals surface area contributed by atoms with E-state index in [-0.39, 0.29) is 11.3 Å². The lowest BCUT2D eigenvalue weighted by atomic mass is 10.1. The van der Waals surface area contributed by atoms with Crippen molar-refractivity contribution in [3.05, 3.63) is 59.1 Å². The van der Waals surface area contributed by atoms with Gasteiger partial charge in [-0.3, -0.25) is 4.79 Å². The minimum absolute atomic E-state index is 0.0227. The van der Waals surface area contributed by atoms with Gasteiger partial charge in [0.2, 0.25) is 0 Å². The molecule has 22 heavy (non-hydrogen) atoms. The molecule has 0 radical (unpaired) electrons. The first kappa shape index (κ1) is 15.9. The third kappa shape index (κ3) is 3.99. The first-order valence-corrected chi connectivity index (χ1v) is 6.90. The van der Waals surface area contributed by atoms with Gasteiger partial charge >= 0.3 is 5.97 Å². The number of ether oxygens (including phenoxy) is 1. The summed E-state index contributed by atoms with van der Waals surface area (Å²) < 4.78 is 5.49. The van der Waals surface area contributed by atoms with Crippen LogP contribution in [0.4, 0.5) is 5.69 Å². The number of nitrogens with one attached hydrogen (secondary N) is 1. The number of carbonyl (C=O) groups excluding carboxylic acids is 1. The summed E-state index contributed by atoms with van der Waals surface area (Å²) in [4.78, 5) is 23.2. The normalized spacial score (nSPS) is 11.5. The van der Waals surface area contributed by atoms with E-state index in [9.17, 15) is 9.59 Å². The molecule has 0 unspecified atom stereocenters. The minimum Gasteiger partial charge on any atom is -0.481 e. The standard InChI is InChI=1S/C16H14ClNO4/c1-10(22-12-8-6-11(17)7-9-12)15(19)18-14-5-3-2-4-13(14)16(20)21/h2-10H,1H3,(H,18,19)(H,20,21)/t10-/m0/s1. The summed E-state index contributed by atoms with van der Waals surface area (Å²) >= 11 is 5.77. The highest BCUT2D eigenvalue weighted by molar-refractivity contribution is 6.30. The predicted octanol–water partition coefficient (Wildman–Crippen LogP) is 3.44. The molecule has 0 aliphatic heterocycles. The molecule has 2 aromatic rings. The van der Waals surface area contributed by atoms with Crippen molar-refractivity contribution >= 4 is 29.2 Å². The number of anilines is 1. The number of amides is 1. The molecule has 114 valence electrons. The molecule has 6 heteroatoms. The molecule has 0 fully saturated rings. The van der Waals surface area contributed by atoms with Crippen LogP contribution < -0.4 is 10.1 Å². The monoisotopic (exact) mass is 319 g/mol. The number of hydrogen-bond donors (Lipinski definition) is 2. The molecule has 0 aromatic heterocycles. The zero-order valence-corrected chi connectivity index (χ0v) is 12.5.